The number of sulfonamides is 1. The summed E-state index contributed by atoms with van der Waals surface area (Å²) in [7, 11) is -4.17. The minimum Gasteiger partial charge on any atom is -0.404 e. The zero-order valence-electron chi connectivity index (χ0n) is 13.3. The number of rotatable bonds is 5. The zero-order chi connectivity index (χ0) is 18.1. The van der Waals surface area contributed by atoms with E-state index in [1.807, 2.05) is 12.1 Å². The Morgan fingerprint density at radius 3 is 2.50 bits per heavy atom. The van der Waals surface area contributed by atoms with Crippen molar-refractivity contribution in [1.29, 1.82) is 0 Å². The van der Waals surface area contributed by atoms with E-state index in [9.17, 15) is 21.6 Å². The Morgan fingerprint density at radius 1 is 1.08 bits per heavy atom. The summed E-state index contributed by atoms with van der Waals surface area (Å²) in [5.41, 5.74) is 2.95. The van der Waals surface area contributed by atoms with Gasteiger partial charge in [0.1, 0.15) is 10.6 Å². The van der Waals surface area contributed by atoms with Crippen molar-refractivity contribution in [2.45, 2.75) is 30.9 Å². The van der Waals surface area contributed by atoms with Crippen molar-refractivity contribution in [1.82, 2.24) is 10.0 Å². The number of benzene rings is 2. The first-order valence-electron chi connectivity index (χ1n) is 7.40. The summed E-state index contributed by atoms with van der Waals surface area (Å²) in [5, 5.41) is 3.18. The maximum Gasteiger partial charge on any atom is 0.573 e. The summed E-state index contributed by atoms with van der Waals surface area (Å²) >= 11 is 0. The van der Waals surface area contributed by atoms with E-state index in [1.54, 1.807) is 6.07 Å². The first-order valence-corrected chi connectivity index (χ1v) is 8.89. The molecule has 1 heterocycles. The van der Waals surface area contributed by atoms with Gasteiger partial charge in [-0.2, -0.15) is 0 Å². The Bertz CT molecular complexity index is 889. The molecule has 2 N–H and O–H groups in total. The molecule has 3 rings (SSSR count). The van der Waals surface area contributed by atoms with Gasteiger partial charge in [0.05, 0.1) is 0 Å². The summed E-state index contributed by atoms with van der Waals surface area (Å²) in [5.74, 6) is -0.763. The van der Waals surface area contributed by atoms with E-state index in [-0.39, 0.29) is 19.0 Å². The van der Waals surface area contributed by atoms with Gasteiger partial charge in [0.15, 0.2) is 0 Å². The SMILES string of the molecule is Cl.O=S(=O)(NCc1ccc2c(c1)CNC2)c1ccccc1OC(F)(F)F. The minimum absolute atomic E-state index is 0. The molecule has 1 aliphatic rings. The average molecular weight is 409 g/mol. The Balaban J connectivity index is 0.00000243. The van der Waals surface area contributed by atoms with Crippen LogP contribution < -0.4 is 14.8 Å². The highest BCUT2D eigenvalue weighted by Gasteiger charge is 2.33. The van der Waals surface area contributed by atoms with Crippen LogP contribution >= 0.6 is 12.4 Å². The van der Waals surface area contributed by atoms with E-state index in [2.05, 4.69) is 14.8 Å². The molecule has 0 saturated heterocycles. The van der Waals surface area contributed by atoms with Gasteiger partial charge >= 0.3 is 6.36 Å². The second-order valence-corrected chi connectivity index (χ2v) is 7.26. The number of nitrogens with one attached hydrogen (secondary N) is 2. The maximum atomic E-state index is 12.4. The van der Waals surface area contributed by atoms with E-state index in [4.69, 9.17) is 0 Å². The van der Waals surface area contributed by atoms with Crippen molar-refractivity contribution < 1.29 is 26.3 Å². The summed E-state index contributed by atoms with van der Waals surface area (Å²) in [6, 6.07) is 10.2. The molecule has 0 fully saturated rings. The van der Waals surface area contributed by atoms with Crippen molar-refractivity contribution >= 4 is 22.4 Å². The fourth-order valence-corrected chi connectivity index (χ4v) is 3.74. The van der Waals surface area contributed by atoms with Crippen LogP contribution in [-0.4, -0.2) is 14.8 Å². The highest BCUT2D eigenvalue weighted by molar-refractivity contribution is 7.89. The fraction of sp³-hybridized carbons (Fsp3) is 0.250. The third-order valence-corrected chi connectivity index (χ3v) is 5.17. The molecule has 0 aliphatic carbocycles. The summed E-state index contributed by atoms with van der Waals surface area (Å²) in [4.78, 5) is -0.560. The van der Waals surface area contributed by atoms with Crippen LogP contribution in [0, 0.1) is 0 Å². The van der Waals surface area contributed by atoms with Crippen molar-refractivity contribution in [3.05, 3.63) is 59.2 Å². The zero-order valence-corrected chi connectivity index (χ0v) is 15.0. The van der Waals surface area contributed by atoms with Gasteiger partial charge < -0.3 is 10.1 Å². The largest absolute Gasteiger partial charge is 0.573 e. The van der Waals surface area contributed by atoms with Gasteiger partial charge in [0, 0.05) is 19.6 Å². The molecule has 0 atom stereocenters. The second kappa shape index (κ2) is 7.83. The lowest BCUT2D eigenvalue weighted by molar-refractivity contribution is -0.275. The lowest BCUT2D eigenvalue weighted by Crippen LogP contribution is -2.25. The standard InChI is InChI=1S/C16H15F3N2O3S.ClH/c17-16(18,19)24-14-3-1-2-4-15(14)25(22,23)21-8-11-5-6-12-9-20-10-13(12)7-11;/h1-7,20-21H,8-10H2;1H. The smallest absolute Gasteiger partial charge is 0.404 e. The van der Waals surface area contributed by atoms with Crippen molar-refractivity contribution in [2.75, 3.05) is 0 Å². The number of fused-ring (bicyclic) bond motifs is 1. The fourth-order valence-electron chi connectivity index (χ4n) is 2.60. The molecule has 10 heteroatoms. The highest BCUT2D eigenvalue weighted by Crippen LogP contribution is 2.29. The van der Waals surface area contributed by atoms with Crippen LogP contribution in [-0.2, 0) is 29.7 Å². The molecular weight excluding hydrogens is 393 g/mol. The van der Waals surface area contributed by atoms with Gasteiger partial charge in [-0.25, -0.2) is 13.1 Å². The number of ether oxygens (including phenoxy) is 1. The van der Waals surface area contributed by atoms with Gasteiger partial charge in [-0.05, 0) is 28.8 Å². The molecule has 0 unspecified atom stereocenters. The lowest BCUT2D eigenvalue weighted by Gasteiger charge is -2.14. The molecule has 142 valence electrons. The van der Waals surface area contributed by atoms with E-state index in [1.165, 1.54) is 12.1 Å². The topological polar surface area (TPSA) is 67.4 Å². The molecule has 0 saturated carbocycles. The highest BCUT2D eigenvalue weighted by atomic mass is 35.5. The predicted octanol–water partition coefficient (Wildman–Crippen LogP) is 3.09. The first-order chi connectivity index (χ1) is 11.7. The molecule has 2 aromatic carbocycles. The number of alkyl halides is 3. The number of halogens is 4. The van der Waals surface area contributed by atoms with Crippen LogP contribution in [0.2, 0.25) is 0 Å². The van der Waals surface area contributed by atoms with Crippen LogP contribution in [0.3, 0.4) is 0 Å². The van der Waals surface area contributed by atoms with Crippen LogP contribution in [0.25, 0.3) is 0 Å². The lowest BCUT2D eigenvalue weighted by atomic mass is 10.1. The first kappa shape index (κ1) is 20.5. The van der Waals surface area contributed by atoms with E-state index in [0.717, 1.165) is 35.4 Å². The molecule has 0 radical (unpaired) electrons. The predicted molar refractivity (Wildman–Crippen MR) is 91.4 cm³/mol. The minimum atomic E-state index is -4.97. The van der Waals surface area contributed by atoms with E-state index in [0.29, 0.717) is 6.54 Å². The molecule has 2 aromatic rings. The number of hydrogen-bond donors (Lipinski definition) is 2. The summed E-state index contributed by atoms with van der Waals surface area (Å²) in [6.07, 6.45) is -4.97. The molecule has 5 nitrogen and oxygen atoms in total. The van der Waals surface area contributed by atoms with Crippen LogP contribution in [0.4, 0.5) is 13.2 Å². The van der Waals surface area contributed by atoms with Crippen LogP contribution in [0.1, 0.15) is 16.7 Å². The van der Waals surface area contributed by atoms with Crippen molar-refractivity contribution in [2.24, 2.45) is 0 Å². The molecule has 0 bridgehead atoms. The Kier molecular flexibility index (Phi) is 6.17. The molecule has 26 heavy (non-hydrogen) atoms. The average Bonchev–Trinajstić information content (AvgIpc) is 2.99. The van der Waals surface area contributed by atoms with Crippen molar-refractivity contribution in [3.8, 4) is 5.75 Å². The van der Waals surface area contributed by atoms with Gasteiger partial charge in [0.25, 0.3) is 0 Å². The van der Waals surface area contributed by atoms with E-state index < -0.39 is 27.0 Å². The molecule has 0 spiro atoms. The van der Waals surface area contributed by atoms with Gasteiger partial charge in [-0.1, -0.05) is 30.3 Å². The second-order valence-electron chi connectivity index (χ2n) is 5.53. The molecule has 0 aromatic heterocycles. The monoisotopic (exact) mass is 408 g/mol. The molecule has 0 amide bonds. The number of para-hydroxylation sites is 1. The quantitative estimate of drug-likeness (QED) is 0.797. The normalized spacial score (nSPS) is 13.8. The third kappa shape index (κ3) is 4.88. The van der Waals surface area contributed by atoms with Crippen LogP contribution in [0.5, 0.6) is 5.75 Å². The third-order valence-electron chi connectivity index (χ3n) is 3.73. The van der Waals surface area contributed by atoms with Gasteiger partial charge in [-0.15, -0.1) is 25.6 Å². The maximum absolute atomic E-state index is 12.4. The molecular formula is C16H16ClF3N2O3S. The van der Waals surface area contributed by atoms with Gasteiger partial charge in [-0.3, -0.25) is 0 Å². The Labute approximate surface area is 155 Å². The van der Waals surface area contributed by atoms with Crippen molar-refractivity contribution in [3.63, 3.8) is 0 Å². The molecule has 1 aliphatic heterocycles. The van der Waals surface area contributed by atoms with E-state index >= 15 is 0 Å². The van der Waals surface area contributed by atoms with Gasteiger partial charge in [0.2, 0.25) is 10.0 Å². The Hall–Kier alpha value is -1.81. The number of hydrogen-bond acceptors (Lipinski definition) is 4. The summed E-state index contributed by atoms with van der Waals surface area (Å²) < 4.78 is 68.2. The summed E-state index contributed by atoms with van der Waals surface area (Å²) in [6.45, 7) is 1.44. The Morgan fingerprint density at radius 2 is 1.77 bits per heavy atom. The van der Waals surface area contributed by atoms with Crippen LogP contribution in [0.15, 0.2) is 47.4 Å².